The molecule has 1 fully saturated rings. The van der Waals surface area contributed by atoms with Crippen molar-refractivity contribution in [3.63, 3.8) is 0 Å². The quantitative estimate of drug-likeness (QED) is 0.765. The van der Waals surface area contributed by atoms with Crippen molar-refractivity contribution in [2.75, 3.05) is 23.4 Å². The number of rotatable bonds is 6. The second-order valence-electron chi connectivity index (χ2n) is 8.24. The molecule has 4 rings (SSSR count). The van der Waals surface area contributed by atoms with Gasteiger partial charge in [-0.05, 0) is 27.7 Å². The van der Waals surface area contributed by atoms with Gasteiger partial charge in [-0.25, -0.2) is 9.67 Å². The Morgan fingerprint density at radius 3 is 2.70 bits per heavy atom. The zero-order chi connectivity index (χ0) is 21.5. The lowest BCUT2D eigenvalue weighted by Gasteiger charge is -2.37. The van der Waals surface area contributed by atoms with E-state index in [1.807, 2.05) is 18.7 Å². The summed E-state index contributed by atoms with van der Waals surface area (Å²) in [6, 6.07) is 4.47. The number of anilines is 3. The van der Waals surface area contributed by atoms with Gasteiger partial charge in [0.05, 0.1) is 43.7 Å². The molecule has 1 saturated heterocycles. The largest absolute Gasteiger partial charge is 0.472 e. The average Bonchev–Trinajstić information content (AvgIpc) is 3.22. The molecule has 0 radical (unpaired) electrons. The summed E-state index contributed by atoms with van der Waals surface area (Å²) in [5, 5.41) is 26.6. The highest BCUT2D eigenvalue weighted by Gasteiger charge is 2.39. The van der Waals surface area contributed by atoms with Crippen LogP contribution in [0.2, 0.25) is 0 Å². The number of nitrogens with one attached hydrogen (secondary N) is 1. The summed E-state index contributed by atoms with van der Waals surface area (Å²) in [5.74, 6) is 1.50. The third kappa shape index (κ3) is 3.51. The highest BCUT2D eigenvalue weighted by atomic mass is 16.5. The van der Waals surface area contributed by atoms with Crippen molar-refractivity contribution in [1.29, 1.82) is 10.5 Å². The summed E-state index contributed by atoms with van der Waals surface area (Å²) >= 11 is 0. The summed E-state index contributed by atoms with van der Waals surface area (Å²) in [6.45, 7) is 8.54. The number of hydrogen-bond donors (Lipinski definition) is 1. The molecule has 2 aromatic rings. The molecule has 0 aliphatic carbocycles. The van der Waals surface area contributed by atoms with Gasteiger partial charge in [0.15, 0.2) is 0 Å². The fourth-order valence-electron chi connectivity index (χ4n) is 3.41. The summed E-state index contributed by atoms with van der Waals surface area (Å²) in [4.78, 5) is 11.1. The molecule has 0 spiro atoms. The number of hydrogen-bond acceptors (Lipinski definition) is 9. The Labute approximate surface area is 175 Å². The lowest BCUT2D eigenvalue weighted by atomic mass is 10.1. The van der Waals surface area contributed by atoms with Crippen LogP contribution in [0, 0.1) is 22.7 Å². The molecule has 0 bridgehead atoms. The molecular weight excluding hydrogens is 384 g/mol. The van der Waals surface area contributed by atoms with Crippen molar-refractivity contribution < 1.29 is 9.47 Å². The van der Waals surface area contributed by atoms with Crippen molar-refractivity contribution in [3.05, 3.63) is 18.0 Å². The summed E-state index contributed by atoms with van der Waals surface area (Å²) < 4.78 is 12.7. The van der Waals surface area contributed by atoms with Crippen LogP contribution in [0.15, 0.2) is 12.4 Å². The van der Waals surface area contributed by atoms with E-state index in [0.29, 0.717) is 37.2 Å². The fraction of sp³-hybridized carbons (Fsp3) is 0.550. The van der Waals surface area contributed by atoms with Gasteiger partial charge in [-0.2, -0.15) is 15.5 Å². The smallest absolute Gasteiger partial charge is 0.257 e. The van der Waals surface area contributed by atoms with Crippen LogP contribution < -0.4 is 15.0 Å². The van der Waals surface area contributed by atoms with E-state index in [4.69, 9.17) is 9.47 Å². The van der Waals surface area contributed by atoms with E-state index in [9.17, 15) is 10.5 Å². The van der Waals surface area contributed by atoms with Crippen LogP contribution in [-0.4, -0.2) is 51.1 Å². The minimum absolute atomic E-state index is 0.0921. The minimum Gasteiger partial charge on any atom is -0.472 e. The van der Waals surface area contributed by atoms with Gasteiger partial charge in [0.2, 0.25) is 5.95 Å². The van der Waals surface area contributed by atoms with Crippen molar-refractivity contribution in [2.45, 2.75) is 57.8 Å². The third-order valence-electron chi connectivity index (χ3n) is 5.12. The SMILES string of the molecule is CC(C)Oc1nn(C(C)(C)C#N)cc1Nc1ncc2c(n1)N(C1COC1)C(C#N)C2. The van der Waals surface area contributed by atoms with E-state index in [1.54, 1.807) is 30.9 Å². The maximum atomic E-state index is 9.55. The van der Waals surface area contributed by atoms with Gasteiger partial charge in [-0.1, -0.05) is 0 Å². The first-order valence-electron chi connectivity index (χ1n) is 9.89. The summed E-state index contributed by atoms with van der Waals surface area (Å²) in [5.41, 5.74) is 0.675. The molecule has 2 aliphatic heterocycles. The molecule has 10 heteroatoms. The summed E-state index contributed by atoms with van der Waals surface area (Å²) in [7, 11) is 0. The predicted octanol–water partition coefficient (Wildman–Crippen LogP) is 2.12. The van der Waals surface area contributed by atoms with Gasteiger partial charge >= 0.3 is 0 Å². The van der Waals surface area contributed by atoms with Crippen molar-refractivity contribution >= 4 is 17.5 Å². The lowest BCUT2D eigenvalue weighted by molar-refractivity contribution is 0.00693. The van der Waals surface area contributed by atoms with Gasteiger partial charge < -0.3 is 19.7 Å². The van der Waals surface area contributed by atoms with Gasteiger partial charge in [0.25, 0.3) is 5.88 Å². The van der Waals surface area contributed by atoms with E-state index in [2.05, 4.69) is 32.5 Å². The molecule has 2 aliphatic rings. The molecule has 0 amide bonds. The number of ether oxygens (including phenoxy) is 2. The van der Waals surface area contributed by atoms with E-state index < -0.39 is 5.54 Å². The van der Waals surface area contributed by atoms with E-state index in [-0.39, 0.29) is 18.2 Å². The second kappa shape index (κ2) is 7.47. The Morgan fingerprint density at radius 1 is 1.33 bits per heavy atom. The molecule has 4 heterocycles. The first kappa shape index (κ1) is 19.9. The van der Waals surface area contributed by atoms with Crippen LogP contribution in [-0.2, 0) is 16.7 Å². The molecule has 10 nitrogen and oxygen atoms in total. The molecule has 0 aromatic carbocycles. The topological polar surface area (TPSA) is 125 Å². The van der Waals surface area contributed by atoms with Crippen LogP contribution in [0.25, 0.3) is 0 Å². The number of nitriles is 2. The summed E-state index contributed by atoms with van der Waals surface area (Å²) in [6.07, 6.45) is 3.97. The number of nitrogens with zero attached hydrogens (tertiary/aromatic N) is 7. The molecule has 1 unspecified atom stereocenters. The van der Waals surface area contributed by atoms with Crippen LogP contribution in [0.1, 0.15) is 33.3 Å². The zero-order valence-corrected chi connectivity index (χ0v) is 17.5. The molecule has 30 heavy (non-hydrogen) atoms. The Morgan fingerprint density at radius 2 is 2.10 bits per heavy atom. The first-order valence-corrected chi connectivity index (χ1v) is 9.89. The molecule has 2 aromatic heterocycles. The molecular formula is C20H24N8O2. The number of fused-ring (bicyclic) bond motifs is 1. The highest BCUT2D eigenvalue weighted by molar-refractivity contribution is 5.63. The molecule has 1 atom stereocenters. The third-order valence-corrected chi connectivity index (χ3v) is 5.12. The maximum absolute atomic E-state index is 9.55. The van der Waals surface area contributed by atoms with Crippen molar-refractivity contribution in [1.82, 2.24) is 19.7 Å². The van der Waals surface area contributed by atoms with E-state index in [0.717, 1.165) is 11.4 Å². The maximum Gasteiger partial charge on any atom is 0.257 e. The monoisotopic (exact) mass is 408 g/mol. The minimum atomic E-state index is -0.838. The zero-order valence-electron chi connectivity index (χ0n) is 17.5. The highest BCUT2D eigenvalue weighted by Crippen LogP contribution is 2.35. The Kier molecular flexibility index (Phi) is 4.96. The van der Waals surface area contributed by atoms with Crippen LogP contribution >= 0.6 is 0 Å². The van der Waals surface area contributed by atoms with E-state index >= 15 is 0 Å². The standard InChI is InChI=1S/C20H24N8O2/c1-12(2)30-18-16(8-27(26-18)20(3,4)11-22)24-19-23-7-13-5-14(6-21)28(17(13)25-19)15-9-29-10-15/h7-8,12,14-15H,5,9-10H2,1-4H3,(H,23,24,25). The fourth-order valence-corrected chi connectivity index (χ4v) is 3.41. The van der Waals surface area contributed by atoms with Gasteiger partial charge in [0, 0.05) is 18.2 Å². The molecule has 0 saturated carbocycles. The number of aromatic nitrogens is 4. The normalized spacial score (nSPS) is 18.5. The average molecular weight is 408 g/mol. The Bertz CT molecular complexity index is 1030. The second-order valence-corrected chi connectivity index (χ2v) is 8.24. The van der Waals surface area contributed by atoms with Gasteiger partial charge in [-0.15, -0.1) is 5.10 Å². The predicted molar refractivity (Wildman–Crippen MR) is 108 cm³/mol. The first-order chi connectivity index (χ1) is 14.3. The van der Waals surface area contributed by atoms with Crippen LogP contribution in [0.3, 0.4) is 0 Å². The lowest BCUT2D eigenvalue weighted by Crippen LogP contribution is -2.52. The van der Waals surface area contributed by atoms with Gasteiger partial charge in [0.1, 0.15) is 23.1 Å². The van der Waals surface area contributed by atoms with Crippen molar-refractivity contribution in [3.8, 4) is 18.0 Å². The van der Waals surface area contributed by atoms with Crippen LogP contribution in [0.5, 0.6) is 5.88 Å². The van der Waals surface area contributed by atoms with E-state index in [1.165, 1.54) is 0 Å². The van der Waals surface area contributed by atoms with Gasteiger partial charge in [-0.3, -0.25) is 0 Å². The molecule has 156 valence electrons. The Hall–Kier alpha value is -3.37. The van der Waals surface area contributed by atoms with Crippen LogP contribution in [0.4, 0.5) is 17.5 Å². The van der Waals surface area contributed by atoms with Crippen molar-refractivity contribution in [2.24, 2.45) is 0 Å². The Balaban J connectivity index is 1.66. The molecule has 1 N–H and O–H groups in total.